The highest BCUT2D eigenvalue weighted by Crippen LogP contribution is 2.38. The molecule has 4 aromatic carbocycles. The van der Waals surface area contributed by atoms with E-state index in [-0.39, 0.29) is 10.6 Å². The highest BCUT2D eigenvalue weighted by atomic mass is 16.6. The second-order valence-electron chi connectivity index (χ2n) is 14.0. The SMILES string of the molecule is O=Cc1c(-c2ccc(Oc3ccccc3)cc2)nn2c1Nc1cc(C3CCN(CC4CCN(c5ccc([N+](=O)[O-])cc5)CC4)CC3)ccc1CC2. The van der Waals surface area contributed by atoms with Gasteiger partial charge in [0.25, 0.3) is 5.69 Å². The number of hydrogen-bond donors (Lipinski definition) is 1. The lowest BCUT2D eigenvalue weighted by Crippen LogP contribution is -2.41. The molecule has 0 spiro atoms. The number of piperidine rings is 2. The maximum atomic E-state index is 12.5. The minimum Gasteiger partial charge on any atom is -0.457 e. The summed E-state index contributed by atoms with van der Waals surface area (Å²) in [5.41, 5.74) is 6.98. The average Bonchev–Trinajstić information content (AvgIpc) is 3.42. The zero-order valence-electron chi connectivity index (χ0n) is 28.6. The lowest BCUT2D eigenvalue weighted by atomic mass is 9.87. The molecule has 3 aliphatic rings. The summed E-state index contributed by atoms with van der Waals surface area (Å²) in [5.74, 6) is 3.43. The summed E-state index contributed by atoms with van der Waals surface area (Å²) in [6, 6.07) is 31.2. The van der Waals surface area contributed by atoms with Gasteiger partial charge in [-0.2, -0.15) is 5.10 Å². The number of nitrogens with zero attached hydrogens (tertiary/aromatic N) is 5. The number of anilines is 3. The summed E-state index contributed by atoms with van der Waals surface area (Å²) >= 11 is 0. The molecule has 4 heterocycles. The van der Waals surface area contributed by atoms with Crippen LogP contribution in [-0.2, 0) is 13.0 Å². The normalized spacial score (nSPS) is 16.8. The van der Waals surface area contributed by atoms with Crippen LogP contribution in [0.2, 0.25) is 0 Å². The molecule has 1 N–H and O–H groups in total. The van der Waals surface area contributed by atoms with Gasteiger partial charge in [0.05, 0.1) is 10.5 Å². The molecule has 1 aromatic heterocycles. The van der Waals surface area contributed by atoms with Crippen LogP contribution >= 0.6 is 0 Å². The Kier molecular flexibility index (Phi) is 9.24. The van der Waals surface area contributed by atoms with Crippen LogP contribution in [0, 0.1) is 16.0 Å². The van der Waals surface area contributed by atoms with Crippen LogP contribution in [0.5, 0.6) is 11.5 Å². The number of benzene rings is 4. The lowest BCUT2D eigenvalue weighted by Gasteiger charge is -2.38. The van der Waals surface area contributed by atoms with Gasteiger partial charge in [0.15, 0.2) is 6.29 Å². The van der Waals surface area contributed by atoms with Crippen molar-refractivity contribution in [2.75, 3.05) is 42.9 Å². The Morgan fingerprint density at radius 3 is 2.27 bits per heavy atom. The number of rotatable bonds is 9. The van der Waals surface area contributed by atoms with Gasteiger partial charge in [-0.05, 0) is 123 Å². The lowest BCUT2D eigenvalue weighted by molar-refractivity contribution is -0.384. The van der Waals surface area contributed by atoms with E-state index < -0.39 is 0 Å². The number of non-ortho nitro benzene ring substituents is 1. The van der Waals surface area contributed by atoms with Crippen molar-refractivity contribution in [2.24, 2.45) is 5.92 Å². The van der Waals surface area contributed by atoms with E-state index in [4.69, 9.17) is 9.84 Å². The van der Waals surface area contributed by atoms with Crippen molar-refractivity contribution in [1.82, 2.24) is 14.7 Å². The number of carbonyl (C=O) groups excluding carboxylic acids is 1. The van der Waals surface area contributed by atoms with E-state index in [1.165, 1.54) is 11.1 Å². The molecule has 10 heteroatoms. The third kappa shape index (κ3) is 7.09. The largest absolute Gasteiger partial charge is 0.457 e. The molecule has 8 rings (SSSR count). The molecular formula is C41H42N6O4. The first kappa shape index (κ1) is 32.7. The molecule has 0 saturated carbocycles. The van der Waals surface area contributed by atoms with Crippen LogP contribution in [0.1, 0.15) is 53.1 Å². The van der Waals surface area contributed by atoms with E-state index in [2.05, 4.69) is 33.3 Å². The molecule has 2 fully saturated rings. The van der Waals surface area contributed by atoms with E-state index in [1.807, 2.05) is 71.4 Å². The molecule has 0 atom stereocenters. The number of aromatic nitrogens is 2. The van der Waals surface area contributed by atoms with E-state index >= 15 is 0 Å². The van der Waals surface area contributed by atoms with Gasteiger partial charge in [-0.3, -0.25) is 14.9 Å². The number of hydrogen-bond acceptors (Lipinski definition) is 8. The first-order valence-electron chi connectivity index (χ1n) is 18.0. The number of aryl methyl sites for hydroxylation is 2. The van der Waals surface area contributed by atoms with Crippen molar-refractivity contribution in [3.63, 3.8) is 0 Å². The van der Waals surface area contributed by atoms with Crippen LogP contribution in [-0.4, -0.2) is 58.6 Å². The first-order valence-corrected chi connectivity index (χ1v) is 18.0. The molecule has 2 saturated heterocycles. The molecular weight excluding hydrogens is 640 g/mol. The van der Waals surface area contributed by atoms with Gasteiger partial charge in [0.1, 0.15) is 23.0 Å². The molecule has 0 bridgehead atoms. The summed E-state index contributed by atoms with van der Waals surface area (Å²) in [7, 11) is 0. The zero-order valence-corrected chi connectivity index (χ0v) is 28.6. The highest BCUT2D eigenvalue weighted by molar-refractivity contribution is 5.93. The molecule has 51 heavy (non-hydrogen) atoms. The number of nitro benzene ring substituents is 1. The highest BCUT2D eigenvalue weighted by Gasteiger charge is 2.27. The van der Waals surface area contributed by atoms with Crippen molar-refractivity contribution in [3.8, 4) is 22.8 Å². The van der Waals surface area contributed by atoms with E-state index in [0.29, 0.717) is 29.6 Å². The number of carbonyl (C=O) groups is 1. The third-order valence-electron chi connectivity index (χ3n) is 10.8. The third-order valence-corrected chi connectivity index (χ3v) is 10.8. The monoisotopic (exact) mass is 682 g/mol. The fraction of sp³-hybridized carbons (Fsp3) is 0.317. The number of nitrogens with one attached hydrogen (secondary N) is 1. The van der Waals surface area contributed by atoms with Gasteiger partial charge in [-0.25, -0.2) is 4.68 Å². The second-order valence-corrected chi connectivity index (χ2v) is 14.0. The fourth-order valence-electron chi connectivity index (χ4n) is 7.91. The Labute approximate surface area is 297 Å². The minimum atomic E-state index is -0.344. The molecule has 3 aliphatic heterocycles. The Morgan fingerprint density at radius 2 is 1.57 bits per heavy atom. The number of ether oxygens (including phenoxy) is 1. The van der Waals surface area contributed by atoms with Gasteiger partial charge >= 0.3 is 0 Å². The average molecular weight is 683 g/mol. The van der Waals surface area contributed by atoms with Crippen LogP contribution in [0.25, 0.3) is 11.3 Å². The molecule has 0 amide bonds. The number of nitro groups is 1. The fourth-order valence-corrected chi connectivity index (χ4v) is 7.91. The Hall–Kier alpha value is -5.48. The van der Waals surface area contributed by atoms with Crippen molar-refractivity contribution in [2.45, 2.75) is 44.6 Å². The zero-order chi connectivity index (χ0) is 34.7. The Bertz CT molecular complexity index is 1990. The predicted molar refractivity (Wildman–Crippen MR) is 199 cm³/mol. The standard InChI is InChI=1S/C41H42N6O4/c48-28-38-40(32-8-14-37(15-9-32)51-36-4-2-1-3-5-36)43-46-25-20-31-6-7-33(26-39(31)42-41(38)46)30-18-21-44(22-19-30)27-29-16-23-45(24-17-29)34-10-12-35(13-11-34)47(49)50/h1-15,26,28-30,42H,16-25,27H2. The van der Waals surface area contributed by atoms with E-state index in [9.17, 15) is 14.9 Å². The maximum Gasteiger partial charge on any atom is 0.269 e. The van der Waals surface area contributed by atoms with Crippen molar-refractivity contribution in [3.05, 3.63) is 124 Å². The summed E-state index contributed by atoms with van der Waals surface area (Å²) in [5, 5.41) is 19.5. The second kappa shape index (κ2) is 14.4. The summed E-state index contributed by atoms with van der Waals surface area (Å²) in [6.07, 6.45) is 6.29. The topological polar surface area (TPSA) is 106 Å². The van der Waals surface area contributed by atoms with Gasteiger partial charge in [0, 0.05) is 55.2 Å². The van der Waals surface area contributed by atoms with Gasteiger partial charge < -0.3 is 19.9 Å². The van der Waals surface area contributed by atoms with E-state index in [1.54, 1.807) is 12.1 Å². The molecule has 0 radical (unpaired) electrons. The van der Waals surface area contributed by atoms with Gasteiger partial charge in [-0.1, -0.05) is 30.3 Å². The van der Waals surface area contributed by atoms with Crippen molar-refractivity contribution in [1.29, 1.82) is 0 Å². The number of para-hydroxylation sites is 1. The number of likely N-dealkylation sites (tertiary alicyclic amines) is 1. The molecule has 0 aliphatic carbocycles. The van der Waals surface area contributed by atoms with Crippen LogP contribution in [0.15, 0.2) is 97.1 Å². The summed E-state index contributed by atoms with van der Waals surface area (Å²) in [6.45, 7) is 6.00. The van der Waals surface area contributed by atoms with Crippen molar-refractivity contribution < 1.29 is 14.5 Å². The van der Waals surface area contributed by atoms with Crippen LogP contribution in [0.4, 0.5) is 22.9 Å². The van der Waals surface area contributed by atoms with Crippen LogP contribution in [0.3, 0.4) is 0 Å². The Balaban J connectivity index is 0.882. The minimum absolute atomic E-state index is 0.140. The number of fused-ring (bicyclic) bond motifs is 2. The first-order chi connectivity index (χ1) is 25.0. The molecule has 260 valence electrons. The smallest absolute Gasteiger partial charge is 0.269 e. The Morgan fingerprint density at radius 1 is 0.843 bits per heavy atom. The maximum absolute atomic E-state index is 12.5. The molecule has 0 unspecified atom stereocenters. The molecule has 5 aromatic rings. The number of aldehydes is 1. The van der Waals surface area contributed by atoms with Gasteiger partial charge in [0.2, 0.25) is 0 Å². The quantitative estimate of drug-likeness (QED) is 0.0938. The molecule has 10 nitrogen and oxygen atoms in total. The summed E-state index contributed by atoms with van der Waals surface area (Å²) < 4.78 is 7.90. The summed E-state index contributed by atoms with van der Waals surface area (Å²) in [4.78, 5) is 28.2. The van der Waals surface area contributed by atoms with E-state index in [0.717, 1.165) is 105 Å². The predicted octanol–water partition coefficient (Wildman–Crippen LogP) is 8.46. The van der Waals surface area contributed by atoms with Gasteiger partial charge in [-0.15, -0.1) is 0 Å². The van der Waals surface area contributed by atoms with Crippen LogP contribution < -0.4 is 15.0 Å². The van der Waals surface area contributed by atoms with Crippen molar-refractivity contribution >= 4 is 29.2 Å².